The van der Waals surface area contributed by atoms with Crippen molar-refractivity contribution in [2.24, 2.45) is 18.9 Å². The van der Waals surface area contributed by atoms with Crippen LogP contribution in [0, 0.1) is 18.8 Å². The van der Waals surface area contributed by atoms with E-state index in [2.05, 4.69) is 48.6 Å². The van der Waals surface area contributed by atoms with E-state index in [1.54, 1.807) is 11.3 Å². The van der Waals surface area contributed by atoms with Crippen LogP contribution >= 0.6 is 0 Å². The van der Waals surface area contributed by atoms with Gasteiger partial charge >= 0.3 is 0 Å². The van der Waals surface area contributed by atoms with E-state index in [4.69, 9.17) is 0 Å². The zero-order valence-corrected chi connectivity index (χ0v) is 14.7. The maximum absolute atomic E-state index is 2.86. The van der Waals surface area contributed by atoms with Gasteiger partial charge in [-0.15, -0.1) is 0 Å². The van der Waals surface area contributed by atoms with E-state index in [1.165, 1.54) is 55.2 Å². The Morgan fingerprint density at radius 3 is 2.91 bits per heavy atom. The van der Waals surface area contributed by atoms with E-state index in [0.29, 0.717) is 0 Å². The lowest BCUT2D eigenvalue weighted by Crippen LogP contribution is -2.56. The molecule has 4 aliphatic rings. The molecule has 0 amide bonds. The van der Waals surface area contributed by atoms with Gasteiger partial charge in [-0.25, -0.2) is 0 Å². The van der Waals surface area contributed by atoms with Crippen LogP contribution in [0.25, 0.3) is 10.9 Å². The molecule has 1 aliphatic carbocycles. The Morgan fingerprint density at radius 2 is 2.09 bits per heavy atom. The fourth-order valence-electron chi connectivity index (χ4n) is 6.21. The summed E-state index contributed by atoms with van der Waals surface area (Å²) in [4.78, 5) is 2.86. The van der Waals surface area contributed by atoms with E-state index >= 15 is 0 Å². The van der Waals surface area contributed by atoms with Gasteiger partial charge in [-0.3, -0.25) is 4.90 Å². The maximum Gasteiger partial charge on any atom is 0.0483 e. The fraction of sp³-hybridized carbons (Fsp3) is 0.619. The Balaban J connectivity index is 1.74. The van der Waals surface area contributed by atoms with Crippen LogP contribution in [0.3, 0.4) is 0 Å². The molecule has 3 aliphatic heterocycles. The molecule has 1 aromatic heterocycles. The highest BCUT2D eigenvalue weighted by Crippen LogP contribution is 2.51. The number of piperidine rings is 2. The van der Waals surface area contributed by atoms with E-state index in [9.17, 15) is 0 Å². The molecule has 122 valence electrons. The molecular formula is C21H28N2. The molecule has 0 spiro atoms. The minimum Gasteiger partial charge on any atom is -0.347 e. The molecule has 6 rings (SSSR count). The number of rotatable bonds is 1. The number of benzene rings is 1. The Hall–Kier alpha value is -1.28. The van der Waals surface area contributed by atoms with Crippen molar-refractivity contribution in [3.05, 3.63) is 35.0 Å². The zero-order valence-electron chi connectivity index (χ0n) is 14.7. The average Bonchev–Trinajstić information content (AvgIpc) is 2.76. The number of hydrogen-bond acceptors (Lipinski definition) is 1. The molecule has 1 saturated carbocycles. The summed E-state index contributed by atoms with van der Waals surface area (Å²) in [5.41, 5.74) is 6.19. The predicted molar refractivity (Wildman–Crippen MR) is 96.0 cm³/mol. The third kappa shape index (κ3) is 1.85. The van der Waals surface area contributed by atoms with Gasteiger partial charge in [0.05, 0.1) is 0 Å². The monoisotopic (exact) mass is 308 g/mol. The molecule has 23 heavy (non-hydrogen) atoms. The quantitative estimate of drug-likeness (QED) is 0.765. The lowest BCUT2D eigenvalue weighted by molar-refractivity contribution is -0.0140. The Kier molecular flexibility index (Phi) is 2.98. The van der Waals surface area contributed by atoms with Crippen LogP contribution in [0.1, 0.15) is 48.9 Å². The van der Waals surface area contributed by atoms with Crippen molar-refractivity contribution in [3.63, 3.8) is 0 Å². The van der Waals surface area contributed by atoms with Gasteiger partial charge in [-0.05, 0) is 55.7 Å². The standard InChI is InChI=1S/C21H28N2/c1-4-15-10-14-11-18-20(15)23(12-14)8-7-16-17-9-13(2)5-6-19(17)22(3)21(16)18/h5-6,9,14-15,18,20H,4,7-8,10-12H2,1-3H3/t14-,15?,18+,20?/m0/s1. The second-order valence-corrected chi connectivity index (χ2v) is 8.29. The summed E-state index contributed by atoms with van der Waals surface area (Å²) in [5.74, 6) is 2.61. The summed E-state index contributed by atoms with van der Waals surface area (Å²) in [5, 5.41) is 1.53. The Labute approximate surface area is 139 Å². The maximum atomic E-state index is 2.86. The molecule has 0 radical (unpaired) electrons. The summed E-state index contributed by atoms with van der Waals surface area (Å²) in [6.07, 6.45) is 5.50. The number of aryl methyl sites for hydroxylation is 2. The molecule has 0 N–H and O–H groups in total. The fourth-order valence-corrected chi connectivity index (χ4v) is 6.21. The van der Waals surface area contributed by atoms with Gasteiger partial charge in [-0.1, -0.05) is 25.0 Å². The number of hydrogen-bond donors (Lipinski definition) is 0. The van der Waals surface area contributed by atoms with Crippen molar-refractivity contribution in [1.29, 1.82) is 0 Å². The molecule has 2 aromatic rings. The third-order valence-electron chi connectivity index (χ3n) is 7.07. The zero-order chi connectivity index (χ0) is 15.7. The summed E-state index contributed by atoms with van der Waals surface area (Å²) in [7, 11) is 2.31. The molecule has 3 unspecified atom stereocenters. The van der Waals surface area contributed by atoms with Crippen LogP contribution in [-0.4, -0.2) is 28.6 Å². The van der Waals surface area contributed by atoms with Crippen LogP contribution in [0.15, 0.2) is 18.2 Å². The molecule has 2 saturated heterocycles. The van der Waals surface area contributed by atoms with Crippen LogP contribution in [0.2, 0.25) is 0 Å². The summed E-state index contributed by atoms with van der Waals surface area (Å²) in [6, 6.07) is 7.84. The van der Waals surface area contributed by atoms with Crippen molar-refractivity contribution in [1.82, 2.24) is 9.47 Å². The Morgan fingerprint density at radius 1 is 1.22 bits per heavy atom. The van der Waals surface area contributed by atoms with Gasteiger partial charge in [0.15, 0.2) is 0 Å². The van der Waals surface area contributed by atoms with E-state index in [-0.39, 0.29) is 0 Å². The predicted octanol–water partition coefficient (Wildman–Crippen LogP) is 4.25. The summed E-state index contributed by atoms with van der Waals surface area (Å²) in [6.45, 7) is 7.27. The molecule has 1 aromatic carbocycles. The molecule has 4 bridgehead atoms. The first-order valence-corrected chi connectivity index (χ1v) is 9.49. The Bertz CT molecular complexity index is 772. The van der Waals surface area contributed by atoms with Crippen LogP contribution < -0.4 is 0 Å². The second-order valence-electron chi connectivity index (χ2n) is 8.29. The first-order chi connectivity index (χ1) is 11.2. The molecule has 2 nitrogen and oxygen atoms in total. The van der Waals surface area contributed by atoms with Crippen LogP contribution in [0.4, 0.5) is 0 Å². The summed E-state index contributed by atoms with van der Waals surface area (Å²) >= 11 is 0. The largest absolute Gasteiger partial charge is 0.347 e. The van der Waals surface area contributed by atoms with Gasteiger partial charge in [-0.2, -0.15) is 0 Å². The van der Waals surface area contributed by atoms with Gasteiger partial charge in [0, 0.05) is 48.7 Å². The first-order valence-electron chi connectivity index (χ1n) is 9.49. The van der Waals surface area contributed by atoms with Crippen molar-refractivity contribution in [2.75, 3.05) is 13.1 Å². The highest BCUT2D eigenvalue weighted by atomic mass is 15.2. The normalized spacial score (nSPS) is 35.3. The van der Waals surface area contributed by atoms with Gasteiger partial charge in [0.1, 0.15) is 0 Å². The lowest BCUT2D eigenvalue weighted by atomic mass is 9.65. The highest BCUT2D eigenvalue weighted by Gasteiger charge is 2.49. The number of aromatic nitrogens is 1. The molecule has 3 fully saturated rings. The van der Waals surface area contributed by atoms with Gasteiger partial charge in [0.2, 0.25) is 0 Å². The smallest absolute Gasteiger partial charge is 0.0483 e. The van der Waals surface area contributed by atoms with Crippen molar-refractivity contribution >= 4 is 10.9 Å². The van der Waals surface area contributed by atoms with Crippen molar-refractivity contribution in [3.8, 4) is 0 Å². The van der Waals surface area contributed by atoms with E-state index < -0.39 is 0 Å². The van der Waals surface area contributed by atoms with Crippen LogP contribution in [0.5, 0.6) is 0 Å². The SMILES string of the molecule is CCC1C[C@H]2C[C@H]3c4c(c5cc(C)ccc5n4C)CCN(C2)C13. The molecule has 2 heteroatoms. The average molecular weight is 308 g/mol. The number of fused-ring (bicyclic) bond motifs is 4. The third-order valence-corrected chi connectivity index (χ3v) is 7.07. The topological polar surface area (TPSA) is 8.17 Å². The minimum absolute atomic E-state index is 0.766. The van der Waals surface area contributed by atoms with Gasteiger partial charge in [0.25, 0.3) is 0 Å². The lowest BCUT2D eigenvalue weighted by Gasteiger charge is -2.53. The second kappa shape index (κ2) is 4.86. The molecule has 4 heterocycles. The van der Waals surface area contributed by atoms with E-state index in [1.807, 2.05) is 0 Å². The van der Waals surface area contributed by atoms with Crippen molar-refractivity contribution < 1.29 is 0 Å². The number of nitrogens with zero attached hydrogens (tertiary/aromatic N) is 2. The summed E-state index contributed by atoms with van der Waals surface area (Å²) < 4.78 is 2.55. The minimum atomic E-state index is 0.766. The van der Waals surface area contributed by atoms with Gasteiger partial charge < -0.3 is 4.57 Å². The molecule has 5 atom stereocenters. The van der Waals surface area contributed by atoms with Crippen LogP contribution in [-0.2, 0) is 13.5 Å². The highest BCUT2D eigenvalue weighted by molar-refractivity contribution is 5.86. The first kappa shape index (κ1) is 14.1. The van der Waals surface area contributed by atoms with Crippen molar-refractivity contribution in [2.45, 2.75) is 51.5 Å². The molecular weight excluding hydrogens is 280 g/mol. The van der Waals surface area contributed by atoms with E-state index in [0.717, 1.165) is 23.8 Å².